The average molecular weight is 487 g/mol. The normalized spacial score (nSPS) is 22.2. The zero-order valence-corrected chi connectivity index (χ0v) is 22.0. The molecule has 1 unspecified atom stereocenters. The maximum absolute atomic E-state index is 13.1. The Bertz CT molecular complexity index is 1120. The van der Waals surface area contributed by atoms with Crippen LogP contribution in [0.5, 0.6) is 0 Å². The van der Waals surface area contributed by atoms with Crippen LogP contribution >= 0.6 is 0 Å². The summed E-state index contributed by atoms with van der Waals surface area (Å²) in [6, 6.07) is 6.11. The number of nitrogens with two attached hydrogens (primary N) is 1. The van der Waals surface area contributed by atoms with Gasteiger partial charge in [-0.3, -0.25) is 4.79 Å². The monoisotopic (exact) mass is 486 g/mol. The van der Waals surface area contributed by atoms with E-state index < -0.39 is 0 Å². The first-order valence-corrected chi connectivity index (χ1v) is 14.3. The van der Waals surface area contributed by atoms with E-state index in [2.05, 4.69) is 30.4 Å². The van der Waals surface area contributed by atoms with E-state index in [1.54, 1.807) is 0 Å². The maximum atomic E-state index is 13.1. The van der Waals surface area contributed by atoms with Crippen molar-refractivity contribution in [2.75, 3.05) is 11.1 Å². The number of nitrogens with zero attached hydrogens (tertiary/aromatic N) is 2. The number of amides is 1. The lowest BCUT2D eigenvalue weighted by atomic mass is 9.87. The van der Waals surface area contributed by atoms with Gasteiger partial charge < -0.3 is 11.1 Å². The van der Waals surface area contributed by atoms with Crippen molar-refractivity contribution in [3.8, 4) is 11.3 Å². The molecule has 0 bridgehead atoms. The van der Waals surface area contributed by atoms with E-state index in [9.17, 15) is 4.79 Å². The highest BCUT2D eigenvalue weighted by Gasteiger charge is 2.24. The summed E-state index contributed by atoms with van der Waals surface area (Å²) in [5.41, 5.74) is 13.5. The molecule has 5 heteroatoms. The predicted molar refractivity (Wildman–Crippen MR) is 148 cm³/mol. The average Bonchev–Trinajstić information content (AvgIpc) is 2.97. The highest BCUT2D eigenvalue weighted by Crippen LogP contribution is 2.35. The van der Waals surface area contributed by atoms with Crippen LogP contribution in [0, 0.1) is 11.8 Å². The Labute approximate surface area is 216 Å². The number of hydrogen-bond donors (Lipinski definition) is 2. The molecule has 0 aliphatic heterocycles. The molecule has 1 amide bonds. The molecule has 0 spiro atoms. The minimum atomic E-state index is 0.0958. The van der Waals surface area contributed by atoms with Crippen molar-refractivity contribution in [3.63, 3.8) is 0 Å². The Hall–Kier alpha value is -2.69. The van der Waals surface area contributed by atoms with Gasteiger partial charge in [-0.05, 0) is 80.9 Å². The van der Waals surface area contributed by atoms with E-state index in [-0.39, 0.29) is 5.91 Å². The van der Waals surface area contributed by atoms with Crippen molar-refractivity contribution in [1.82, 2.24) is 9.97 Å². The lowest BCUT2D eigenvalue weighted by Gasteiger charge is -2.23. The molecule has 1 atom stereocenters. The molecule has 3 aliphatic carbocycles. The fourth-order valence-corrected chi connectivity index (χ4v) is 6.26. The molecule has 192 valence electrons. The fourth-order valence-electron chi connectivity index (χ4n) is 6.26. The minimum Gasteiger partial charge on any atom is -0.399 e. The number of carbonyl (C=O) groups excluding carboxylic acids is 1. The SMILES string of the molecule is CC1CCCC/C=C(\Cc2nc3c(nc2NC(=O)CC2CCCCC2)CCc2cc(N)ccc2-3)CC1. The number of carbonyl (C=O) groups is 1. The second-order valence-electron chi connectivity index (χ2n) is 11.5. The molecule has 3 N–H and O–H groups in total. The van der Waals surface area contributed by atoms with Crippen LogP contribution in [0.4, 0.5) is 11.5 Å². The lowest BCUT2D eigenvalue weighted by Crippen LogP contribution is -2.21. The van der Waals surface area contributed by atoms with Crippen LogP contribution in [0.15, 0.2) is 29.8 Å². The van der Waals surface area contributed by atoms with Crippen molar-refractivity contribution in [1.29, 1.82) is 0 Å². The van der Waals surface area contributed by atoms with Crippen molar-refractivity contribution in [2.24, 2.45) is 11.8 Å². The number of nitrogen functional groups attached to an aromatic ring is 1. The van der Waals surface area contributed by atoms with Crippen LogP contribution in [-0.4, -0.2) is 15.9 Å². The fraction of sp³-hybridized carbons (Fsp3) is 0.581. The van der Waals surface area contributed by atoms with E-state index in [1.165, 1.54) is 68.9 Å². The topological polar surface area (TPSA) is 80.9 Å². The van der Waals surface area contributed by atoms with Crippen LogP contribution in [0.2, 0.25) is 0 Å². The Morgan fingerprint density at radius 1 is 1.00 bits per heavy atom. The molecule has 1 aromatic carbocycles. The van der Waals surface area contributed by atoms with Gasteiger partial charge in [-0.2, -0.15) is 0 Å². The Morgan fingerprint density at radius 3 is 2.69 bits per heavy atom. The molecule has 0 saturated heterocycles. The smallest absolute Gasteiger partial charge is 0.225 e. The van der Waals surface area contributed by atoms with E-state index in [0.717, 1.165) is 66.4 Å². The summed E-state index contributed by atoms with van der Waals surface area (Å²) in [4.78, 5) is 23.4. The number of hydrogen-bond acceptors (Lipinski definition) is 4. The van der Waals surface area contributed by atoms with Gasteiger partial charge in [0.15, 0.2) is 5.82 Å². The quantitative estimate of drug-likeness (QED) is 0.346. The van der Waals surface area contributed by atoms with Crippen molar-refractivity contribution < 1.29 is 4.79 Å². The third-order valence-corrected chi connectivity index (χ3v) is 8.45. The van der Waals surface area contributed by atoms with Gasteiger partial charge in [-0.15, -0.1) is 0 Å². The largest absolute Gasteiger partial charge is 0.399 e. The molecule has 1 aromatic heterocycles. The van der Waals surface area contributed by atoms with Gasteiger partial charge >= 0.3 is 0 Å². The standard InChI is InChI=1S/C31H42N4O/c1-21-8-4-2-5-11-23(13-12-21)18-28-31(35-29(36)19-22-9-6-3-7-10-22)34-27-17-14-24-20-25(32)15-16-26(24)30(27)33-28/h11,15-16,20-22H,2-10,12-14,17-19,32H2,1H3,(H,34,35,36)/b23-11-. The summed E-state index contributed by atoms with van der Waals surface area (Å²) in [7, 11) is 0. The molecule has 5 nitrogen and oxygen atoms in total. The van der Waals surface area contributed by atoms with Gasteiger partial charge in [0.1, 0.15) is 0 Å². The first-order chi connectivity index (χ1) is 17.5. The highest BCUT2D eigenvalue weighted by atomic mass is 16.1. The van der Waals surface area contributed by atoms with Gasteiger partial charge in [-0.25, -0.2) is 9.97 Å². The van der Waals surface area contributed by atoms with Gasteiger partial charge in [-0.1, -0.05) is 56.7 Å². The Kier molecular flexibility index (Phi) is 8.03. The van der Waals surface area contributed by atoms with E-state index in [0.29, 0.717) is 18.2 Å². The summed E-state index contributed by atoms with van der Waals surface area (Å²) in [6.45, 7) is 2.38. The number of aryl methyl sites for hydroxylation is 2. The van der Waals surface area contributed by atoms with Gasteiger partial charge in [0.25, 0.3) is 0 Å². The Morgan fingerprint density at radius 2 is 1.83 bits per heavy atom. The number of allylic oxidation sites excluding steroid dienone is 2. The third-order valence-electron chi connectivity index (χ3n) is 8.45. The summed E-state index contributed by atoms with van der Waals surface area (Å²) in [5, 5.41) is 3.22. The second-order valence-corrected chi connectivity index (χ2v) is 11.5. The summed E-state index contributed by atoms with van der Waals surface area (Å²) >= 11 is 0. The zero-order chi connectivity index (χ0) is 24.9. The van der Waals surface area contributed by atoms with Crippen LogP contribution in [-0.2, 0) is 24.1 Å². The molecule has 3 aliphatic rings. The van der Waals surface area contributed by atoms with Crippen molar-refractivity contribution >= 4 is 17.4 Å². The van der Waals surface area contributed by atoms with E-state index in [4.69, 9.17) is 15.7 Å². The second kappa shape index (κ2) is 11.6. The molecule has 36 heavy (non-hydrogen) atoms. The lowest BCUT2D eigenvalue weighted by molar-refractivity contribution is -0.117. The number of benzene rings is 1. The number of aromatic nitrogens is 2. The van der Waals surface area contributed by atoms with Gasteiger partial charge in [0.05, 0.1) is 17.1 Å². The number of fused-ring (bicyclic) bond motifs is 3. The molecule has 0 radical (unpaired) electrons. The number of rotatable bonds is 5. The summed E-state index contributed by atoms with van der Waals surface area (Å²) in [5.74, 6) is 2.04. The third kappa shape index (κ3) is 6.16. The van der Waals surface area contributed by atoms with Crippen molar-refractivity contribution in [2.45, 2.75) is 103 Å². The summed E-state index contributed by atoms with van der Waals surface area (Å²) in [6.07, 6.45) is 19.0. The van der Waals surface area contributed by atoms with Gasteiger partial charge in [0.2, 0.25) is 5.91 Å². The zero-order valence-electron chi connectivity index (χ0n) is 22.0. The molecule has 1 heterocycles. The van der Waals surface area contributed by atoms with Crippen LogP contribution in [0.25, 0.3) is 11.3 Å². The molecule has 1 fully saturated rings. The Balaban J connectivity index is 1.44. The molecule has 2 aromatic rings. The summed E-state index contributed by atoms with van der Waals surface area (Å²) < 4.78 is 0. The van der Waals surface area contributed by atoms with Crippen LogP contribution in [0.3, 0.4) is 0 Å². The molecule has 1 saturated carbocycles. The van der Waals surface area contributed by atoms with Gasteiger partial charge in [0, 0.05) is 24.1 Å². The minimum absolute atomic E-state index is 0.0958. The van der Waals surface area contributed by atoms with E-state index in [1.807, 2.05) is 6.07 Å². The molecular weight excluding hydrogens is 444 g/mol. The predicted octanol–water partition coefficient (Wildman–Crippen LogP) is 7.19. The molecule has 5 rings (SSSR count). The van der Waals surface area contributed by atoms with Crippen molar-refractivity contribution in [3.05, 3.63) is 46.8 Å². The first-order valence-electron chi connectivity index (χ1n) is 14.3. The number of anilines is 2. The first kappa shape index (κ1) is 25.0. The van der Waals surface area contributed by atoms with Crippen LogP contribution in [0.1, 0.15) is 101 Å². The van der Waals surface area contributed by atoms with Crippen LogP contribution < -0.4 is 11.1 Å². The van der Waals surface area contributed by atoms with E-state index >= 15 is 0 Å². The highest BCUT2D eigenvalue weighted by molar-refractivity contribution is 5.90. The maximum Gasteiger partial charge on any atom is 0.225 e. The number of nitrogens with one attached hydrogen (secondary N) is 1. The molecular formula is C31H42N4O.